The van der Waals surface area contributed by atoms with Crippen molar-refractivity contribution < 1.29 is 4.92 Å². The Kier molecular flexibility index (Phi) is 3.02. The van der Waals surface area contributed by atoms with Crippen LogP contribution in [0.25, 0.3) is 0 Å². The van der Waals surface area contributed by atoms with E-state index < -0.39 is 0 Å². The normalized spacial score (nSPS) is 20.5. The number of halogens is 1. The molecule has 1 fully saturated rings. The number of rotatable bonds is 2. The van der Waals surface area contributed by atoms with Crippen LogP contribution in [0, 0.1) is 10.1 Å². The van der Waals surface area contributed by atoms with Gasteiger partial charge in [-0.2, -0.15) is 0 Å². The Labute approximate surface area is 96.0 Å². The molecular weight excluding hydrogens is 260 g/mol. The number of nitro groups is 1. The Morgan fingerprint density at radius 2 is 2.33 bits per heavy atom. The zero-order valence-electron chi connectivity index (χ0n) is 8.07. The minimum absolute atomic E-state index is 0.140. The predicted molar refractivity (Wildman–Crippen MR) is 60.8 cm³/mol. The summed E-state index contributed by atoms with van der Waals surface area (Å²) in [6.07, 6.45) is 2.19. The Hall–Kier alpha value is -0.940. The maximum Gasteiger partial charge on any atom is 0.283 e. The maximum atomic E-state index is 10.7. The molecule has 0 spiro atoms. The molecule has 15 heavy (non-hydrogen) atoms. The molecule has 1 saturated heterocycles. The zero-order chi connectivity index (χ0) is 10.8. The zero-order valence-corrected chi connectivity index (χ0v) is 9.66. The number of hydrogen-bond acceptors (Lipinski definition) is 3. The molecule has 0 saturated carbocycles. The lowest BCUT2D eigenvalue weighted by Gasteiger charge is -2.10. The first-order valence-electron chi connectivity index (χ1n) is 4.85. The third-order valence-electron chi connectivity index (χ3n) is 2.63. The van der Waals surface area contributed by atoms with E-state index in [1.54, 1.807) is 12.1 Å². The van der Waals surface area contributed by atoms with Crippen LogP contribution in [0.2, 0.25) is 0 Å². The average molecular weight is 271 g/mol. The van der Waals surface area contributed by atoms with E-state index in [1.165, 1.54) is 0 Å². The van der Waals surface area contributed by atoms with Crippen LogP contribution in [-0.2, 0) is 0 Å². The van der Waals surface area contributed by atoms with Crippen molar-refractivity contribution in [3.05, 3.63) is 38.3 Å². The molecule has 0 aliphatic carbocycles. The van der Waals surface area contributed by atoms with E-state index in [2.05, 4.69) is 21.2 Å². The van der Waals surface area contributed by atoms with E-state index in [0.29, 0.717) is 4.47 Å². The average Bonchev–Trinajstić information content (AvgIpc) is 2.71. The first-order chi connectivity index (χ1) is 7.18. The van der Waals surface area contributed by atoms with Gasteiger partial charge in [0.15, 0.2) is 0 Å². The molecule has 1 atom stereocenters. The van der Waals surface area contributed by atoms with Crippen molar-refractivity contribution in [2.75, 3.05) is 6.54 Å². The largest absolute Gasteiger partial charge is 0.310 e. The van der Waals surface area contributed by atoms with Gasteiger partial charge in [0.05, 0.1) is 9.40 Å². The van der Waals surface area contributed by atoms with Crippen LogP contribution in [0.1, 0.15) is 24.4 Å². The second-order valence-electron chi connectivity index (χ2n) is 3.62. The summed E-state index contributed by atoms with van der Waals surface area (Å²) in [5, 5.41) is 14.1. The smallest absolute Gasteiger partial charge is 0.283 e. The number of nitrogens with zero attached hydrogens (tertiary/aromatic N) is 1. The van der Waals surface area contributed by atoms with Crippen LogP contribution in [0.5, 0.6) is 0 Å². The van der Waals surface area contributed by atoms with E-state index in [-0.39, 0.29) is 16.7 Å². The molecule has 1 aliphatic rings. The van der Waals surface area contributed by atoms with Crippen LogP contribution < -0.4 is 5.32 Å². The molecule has 1 aromatic rings. The summed E-state index contributed by atoms with van der Waals surface area (Å²) >= 11 is 3.18. The van der Waals surface area contributed by atoms with Crippen molar-refractivity contribution in [3.8, 4) is 0 Å². The molecule has 0 radical (unpaired) electrons. The third-order valence-corrected chi connectivity index (χ3v) is 3.30. The van der Waals surface area contributed by atoms with E-state index in [9.17, 15) is 10.1 Å². The van der Waals surface area contributed by atoms with E-state index >= 15 is 0 Å². The minimum atomic E-state index is -0.359. The molecule has 2 rings (SSSR count). The summed E-state index contributed by atoms with van der Waals surface area (Å²) in [5.41, 5.74) is 1.14. The van der Waals surface area contributed by atoms with Crippen molar-refractivity contribution in [2.45, 2.75) is 18.9 Å². The summed E-state index contributed by atoms with van der Waals surface area (Å²) in [5.74, 6) is 0. The van der Waals surface area contributed by atoms with Gasteiger partial charge in [-0.15, -0.1) is 0 Å². The van der Waals surface area contributed by atoms with E-state index in [4.69, 9.17) is 0 Å². The van der Waals surface area contributed by atoms with Crippen LogP contribution >= 0.6 is 15.9 Å². The minimum Gasteiger partial charge on any atom is -0.310 e. The highest BCUT2D eigenvalue weighted by Gasteiger charge is 2.20. The Balaban J connectivity index is 2.33. The van der Waals surface area contributed by atoms with Gasteiger partial charge in [-0.05, 0) is 46.9 Å². The molecule has 0 amide bonds. The molecular formula is C10H11BrN2O2. The molecule has 5 heteroatoms. The lowest BCUT2D eigenvalue weighted by atomic mass is 10.1. The van der Waals surface area contributed by atoms with Crippen molar-refractivity contribution >= 4 is 21.6 Å². The molecule has 1 heterocycles. The van der Waals surface area contributed by atoms with Gasteiger partial charge in [0.25, 0.3) is 5.69 Å². The third kappa shape index (κ3) is 2.18. The second-order valence-corrected chi connectivity index (χ2v) is 4.47. The highest BCUT2D eigenvalue weighted by Crippen LogP contribution is 2.30. The number of hydrogen-bond donors (Lipinski definition) is 1. The first kappa shape index (κ1) is 10.6. The summed E-state index contributed by atoms with van der Waals surface area (Å²) in [7, 11) is 0. The highest BCUT2D eigenvalue weighted by atomic mass is 79.9. The van der Waals surface area contributed by atoms with Crippen molar-refractivity contribution in [1.82, 2.24) is 5.32 Å². The molecule has 0 aromatic heterocycles. The van der Waals surface area contributed by atoms with Gasteiger partial charge in [0, 0.05) is 12.1 Å². The number of nitrogens with one attached hydrogen (secondary N) is 1. The molecule has 1 aliphatic heterocycles. The summed E-state index contributed by atoms with van der Waals surface area (Å²) in [6.45, 7) is 0.995. The molecule has 0 bridgehead atoms. The van der Waals surface area contributed by atoms with Gasteiger partial charge in [-0.3, -0.25) is 10.1 Å². The number of benzene rings is 1. The lowest BCUT2D eigenvalue weighted by Crippen LogP contribution is -2.12. The van der Waals surface area contributed by atoms with Gasteiger partial charge in [0.1, 0.15) is 0 Å². The van der Waals surface area contributed by atoms with Crippen molar-refractivity contribution in [1.29, 1.82) is 0 Å². The SMILES string of the molecule is O=[N+]([O-])c1cc([C@@H]2CCCN2)ccc1Br. The molecule has 1 aromatic carbocycles. The molecule has 80 valence electrons. The predicted octanol–water partition coefficient (Wildman–Crippen LogP) is 2.78. The molecule has 1 N–H and O–H groups in total. The highest BCUT2D eigenvalue weighted by molar-refractivity contribution is 9.10. The van der Waals surface area contributed by atoms with Crippen LogP contribution in [-0.4, -0.2) is 11.5 Å². The topological polar surface area (TPSA) is 55.2 Å². The fourth-order valence-corrected chi connectivity index (χ4v) is 2.25. The van der Waals surface area contributed by atoms with Crippen LogP contribution in [0.4, 0.5) is 5.69 Å². The Morgan fingerprint density at radius 1 is 1.53 bits per heavy atom. The molecule has 0 unspecified atom stereocenters. The van der Waals surface area contributed by atoms with Gasteiger partial charge < -0.3 is 5.32 Å². The summed E-state index contributed by atoms with van der Waals surface area (Å²) in [6, 6.07) is 5.59. The van der Waals surface area contributed by atoms with Crippen LogP contribution in [0.15, 0.2) is 22.7 Å². The molecule has 4 nitrogen and oxygen atoms in total. The van der Waals surface area contributed by atoms with Gasteiger partial charge in [0.2, 0.25) is 0 Å². The lowest BCUT2D eigenvalue weighted by molar-refractivity contribution is -0.385. The van der Waals surface area contributed by atoms with E-state index in [1.807, 2.05) is 6.07 Å². The monoisotopic (exact) mass is 270 g/mol. The standard InChI is InChI=1S/C10H11BrN2O2/c11-8-4-3-7(6-10(8)13(14)15)9-2-1-5-12-9/h3-4,6,9,12H,1-2,5H2/t9-/m0/s1. The summed E-state index contributed by atoms with van der Waals surface area (Å²) in [4.78, 5) is 10.4. The van der Waals surface area contributed by atoms with Gasteiger partial charge in [-0.1, -0.05) is 6.07 Å². The fourth-order valence-electron chi connectivity index (χ4n) is 1.86. The van der Waals surface area contributed by atoms with Gasteiger partial charge in [-0.25, -0.2) is 0 Å². The van der Waals surface area contributed by atoms with Crippen LogP contribution in [0.3, 0.4) is 0 Å². The van der Waals surface area contributed by atoms with Crippen molar-refractivity contribution in [3.63, 3.8) is 0 Å². The van der Waals surface area contributed by atoms with E-state index in [0.717, 1.165) is 24.9 Å². The first-order valence-corrected chi connectivity index (χ1v) is 5.65. The summed E-state index contributed by atoms with van der Waals surface area (Å²) < 4.78 is 0.536. The number of nitro benzene ring substituents is 1. The quantitative estimate of drug-likeness (QED) is 0.664. The maximum absolute atomic E-state index is 10.7. The Morgan fingerprint density at radius 3 is 2.93 bits per heavy atom. The van der Waals surface area contributed by atoms with Gasteiger partial charge >= 0.3 is 0 Å². The van der Waals surface area contributed by atoms with Crippen molar-refractivity contribution in [2.24, 2.45) is 0 Å². The Bertz CT molecular complexity index is 389. The fraction of sp³-hybridized carbons (Fsp3) is 0.400. The second kappa shape index (κ2) is 4.28.